The fourth-order valence-corrected chi connectivity index (χ4v) is 2.22. The lowest BCUT2D eigenvalue weighted by Gasteiger charge is -2.05. The van der Waals surface area contributed by atoms with Gasteiger partial charge in [-0.2, -0.15) is 0 Å². The summed E-state index contributed by atoms with van der Waals surface area (Å²) >= 11 is 5.93. The van der Waals surface area contributed by atoms with Crippen LogP contribution in [-0.4, -0.2) is 15.0 Å². The minimum Gasteiger partial charge on any atom is -0.309 e. The third-order valence-corrected chi connectivity index (χ3v) is 3.28. The summed E-state index contributed by atoms with van der Waals surface area (Å²) in [6.07, 6.45) is 1.75. The molecule has 0 aliphatic heterocycles. The number of benzene rings is 1. The second kappa shape index (κ2) is 6.03. The first-order valence-electron chi connectivity index (χ1n) is 6.51. The summed E-state index contributed by atoms with van der Waals surface area (Å²) < 4.78 is 0. The first kappa shape index (κ1) is 13.7. The Balaban J connectivity index is 1.77. The van der Waals surface area contributed by atoms with Gasteiger partial charge in [0.15, 0.2) is 0 Å². The highest BCUT2D eigenvalue weighted by Crippen LogP contribution is 2.14. The van der Waals surface area contributed by atoms with Crippen LogP contribution in [0.25, 0.3) is 10.9 Å². The van der Waals surface area contributed by atoms with Gasteiger partial charge in [0, 0.05) is 17.8 Å². The van der Waals surface area contributed by atoms with Crippen molar-refractivity contribution in [1.29, 1.82) is 0 Å². The van der Waals surface area contributed by atoms with Crippen LogP contribution in [0.2, 0.25) is 5.02 Å². The van der Waals surface area contributed by atoms with Crippen LogP contribution < -0.4 is 10.9 Å². The number of pyridine rings is 1. The quantitative estimate of drug-likeness (QED) is 0.775. The second-order valence-electron chi connectivity index (χ2n) is 4.60. The van der Waals surface area contributed by atoms with Gasteiger partial charge in [-0.15, -0.1) is 0 Å². The maximum absolute atomic E-state index is 12.0. The van der Waals surface area contributed by atoms with Crippen molar-refractivity contribution in [1.82, 2.24) is 20.3 Å². The van der Waals surface area contributed by atoms with E-state index in [2.05, 4.69) is 20.3 Å². The molecule has 0 atom stereocenters. The van der Waals surface area contributed by atoms with E-state index in [-0.39, 0.29) is 5.56 Å². The van der Waals surface area contributed by atoms with Crippen LogP contribution >= 0.6 is 11.6 Å². The Morgan fingerprint density at radius 2 is 2.10 bits per heavy atom. The van der Waals surface area contributed by atoms with E-state index in [1.807, 2.05) is 18.2 Å². The minimum atomic E-state index is -0.161. The molecule has 0 bridgehead atoms. The summed E-state index contributed by atoms with van der Waals surface area (Å²) in [5, 5.41) is 4.29. The summed E-state index contributed by atoms with van der Waals surface area (Å²) in [5.74, 6) is 0.575. The molecule has 2 N–H and O–H groups in total. The van der Waals surface area contributed by atoms with Gasteiger partial charge in [0.25, 0.3) is 5.56 Å². The summed E-state index contributed by atoms with van der Waals surface area (Å²) in [6, 6.07) is 10.8. The second-order valence-corrected chi connectivity index (χ2v) is 5.04. The predicted molar refractivity (Wildman–Crippen MR) is 82.2 cm³/mol. The van der Waals surface area contributed by atoms with Gasteiger partial charge in [-0.1, -0.05) is 17.7 Å². The van der Waals surface area contributed by atoms with Gasteiger partial charge in [-0.3, -0.25) is 9.78 Å². The van der Waals surface area contributed by atoms with E-state index < -0.39 is 0 Å². The molecule has 2 aromatic heterocycles. The van der Waals surface area contributed by atoms with Crippen molar-refractivity contribution in [2.75, 3.05) is 0 Å². The number of aromatic nitrogens is 3. The smallest absolute Gasteiger partial charge is 0.258 e. The molecule has 0 fully saturated rings. The Hall–Kier alpha value is -2.24. The van der Waals surface area contributed by atoms with E-state index in [0.29, 0.717) is 34.8 Å². The molecule has 106 valence electrons. The highest BCUT2D eigenvalue weighted by Gasteiger charge is 2.04. The molecule has 5 nitrogen and oxygen atoms in total. The van der Waals surface area contributed by atoms with Crippen LogP contribution in [0.3, 0.4) is 0 Å². The maximum Gasteiger partial charge on any atom is 0.258 e. The maximum atomic E-state index is 12.0. The van der Waals surface area contributed by atoms with Crippen LogP contribution in [-0.2, 0) is 13.1 Å². The molecule has 0 unspecified atom stereocenters. The average Bonchev–Trinajstić information content (AvgIpc) is 2.48. The van der Waals surface area contributed by atoms with Crippen molar-refractivity contribution < 1.29 is 0 Å². The highest BCUT2D eigenvalue weighted by molar-refractivity contribution is 6.31. The molecule has 21 heavy (non-hydrogen) atoms. The van der Waals surface area contributed by atoms with Gasteiger partial charge in [0.05, 0.1) is 23.1 Å². The van der Waals surface area contributed by atoms with Crippen molar-refractivity contribution in [3.8, 4) is 0 Å². The van der Waals surface area contributed by atoms with E-state index in [4.69, 9.17) is 11.6 Å². The third kappa shape index (κ3) is 3.26. The normalized spacial score (nSPS) is 10.9. The molecule has 0 radical (unpaired) electrons. The first-order valence-corrected chi connectivity index (χ1v) is 6.89. The lowest BCUT2D eigenvalue weighted by atomic mass is 10.2. The Bertz CT molecular complexity index is 817. The summed E-state index contributed by atoms with van der Waals surface area (Å²) in [7, 11) is 0. The topological polar surface area (TPSA) is 70.7 Å². The van der Waals surface area contributed by atoms with Crippen molar-refractivity contribution >= 4 is 22.5 Å². The fourth-order valence-electron chi connectivity index (χ4n) is 2.06. The molecule has 3 rings (SSSR count). The van der Waals surface area contributed by atoms with Crippen LogP contribution in [0, 0.1) is 0 Å². The zero-order valence-corrected chi connectivity index (χ0v) is 11.9. The lowest BCUT2D eigenvalue weighted by molar-refractivity contribution is 0.652. The van der Waals surface area contributed by atoms with Crippen LogP contribution in [0.1, 0.15) is 11.5 Å². The third-order valence-electron chi connectivity index (χ3n) is 3.04. The predicted octanol–water partition coefficient (Wildman–Crippen LogP) is 2.26. The van der Waals surface area contributed by atoms with Crippen molar-refractivity contribution in [2.45, 2.75) is 13.1 Å². The standard InChI is InChI=1S/C15H13ClN4O/c16-10-4-5-12-13(7-10)19-14(20-15(12)21)9-17-8-11-3-1-2-6-18-11/h1-7,17H,8-9H2,(H,19,20,21). The molecular weight excluding hydrogens is 288 g/mol. The van der Waals surface area contributed by atoms with E-state index in [9.17, 15) is 4.79 Å². The molecule has 3 aromatic rings. The lowest BCUT2D eigenvalue weighted by Crippen LogP contribution is -2.19. The Kier molecular flexibility index (Phi) is 3.94. The Morgan fingerprint density at radius 1 is 1.19 bits per heavy atom. The van der Waals surface area contributed by atoms with E-state index in [0.717, 1.165) is 5.69 Å². The average molecular weight is 301 g/mol. The number of halogens is 1. The zero-order chi connectivity index (χ0) is 14.7. The van der Waals surface area contributed by atoms with Crippen molar-refractivity contribution in [3.05, 3.63) is 69.5 Å². The van der Waals surface area contributed by atoms with Gasteiger partial charge in [-0.25, -0.2) is 4.98 Å². The number of aromatic amines is 1. The minimum absolute atomic E-state index is 0.161. The fraction of sp³-hybridized carbons (Fsp3) is 0.133. The monoisotopic (exact) mass is 300 g/mol. The number of fused-ring (bicyclic) bond motifs is 1. The van der Waals surface area contributed by atoms with E-state index in [1.165, 1.54) is 0 Å². The molecule has 0 saturated heterocycles. The number of hydrogen-bond acceptors (Lipinski definition) is 4. The van der Waals surface area contributed by atoms with Gasteiger partial charge in [0.1, 0.15) is 5.82 Å². The highest BCUT2D eigenvalue weighted by atomic mass is 35.5. The van der Waals surface area contributed by atoms with Crippen LogP contribution in [0.15, 0.2) is 47.4 Å². The van der Waals surface area contributed by atoms with Gasteiger partial charge < -0.3 is 10.3 Å². The van der Waals surface area contributed by atoms with Gasteiger partial charge in [-0.05, 0) is 30.3 Å². The Morgan fingerprint density at radius 3 is 2.90 bits per heavy atom. The number of nitrogens with zero attached hydrogens (tertiary/aromatic N) is 2. The molecule has 0 aliphatic carbocycles. The van der Waals surface area contributed by atoms with Crippen molar-refractivity contribution in [2.24, 2.45) is 0 Å². The first-order chi connectivity index (χ1) is 10.2. The number of H-pyrrole nitrogens is 1. The number of hydrogen-bond donors (Lipinski definition) is 2. The molecular formula is C15H13ClN4O. The largest absolute Gasteiger partial charge is 0.309 e. The SMILES string of the molecule is O=c1[nH]c(CNCc2ccccn2)nc2cc(Cl)ccc12. The van der Waals surface area contributed by atoms with E-state index >= 15 is 0 Å². The van der Waals surface area contributed by atoms with Crippen LogP contribution in [0.5, 0.6) is 0 Å². The molecule has 1 aromatic carbocycles. The zero-order valence-electron chi connectivity index (χ0n) is 11.1. The molecule has 2 heterocycles. The summed E-state index contributed by atoms with van der Waals surface area (Å²) in [5.41, 5.74) is 1.37. The van der Waals surface area contributed by atoms with Crippen molar-refractivity contribution in [3.63, 3.8) is 0 Å². The molecule has 6 heteroatoms. The number of rotatable bonds is 4. The number of nitrogens with one attached hydrogen (secondary N) is 2. The molecule has 0 spiro atoms. The molecule has 0 amide bonds. The summed E-state index contributed by atoms with van der Waals surface area (Å²) in [6.45, 7) is 1.06. The molecule has 0 aliphatic rings. The molecule has 0 saturated carbocycles. The van der Waals surface area contributed by atoms with Crippen LogP contribution in [0.4, 0.5) is 0 Å². The Labute approximate surface area is 126 Å². The summed E-state index contributed by atoms with van der Waals surface area (Å²) in [4.78, 5) is 23.4. The van der Waals surface area contributed by atoms with E-state index in [1.54, 1.807) is 24.4 Å². The van der Waals surface area contributed by atoms with Gasteiger partial charge >= 0.3 is 0 Å². The van der Waals surface area contributed by atoms with Gasteiger partial charge in [0.2, 0.25) is 0 Å².